The lowest BCUT2D eigenvalue weighted by atomic mass is 9.78. The lowest BCUT2D eigenvalue weighted by Gasteiger charge is -2.43. The van der Waals surface area contributed by atoms with Crippen LogP contribution in [0, 0.1) is 17.5 Å². The number of methoxy groups -OCH3 is 1. The molecule has 0 amide bonds. The summed E-state index contributed by atoms with van der Waals surface area (Å²) in [6.07, 6.45) is 1.75. The number of benzene rings is 1. The van der Waals surface area contributed by atoms with Gasteiger partial charge in [-0.2, -0.15) is 0 Å². The molecule has 37 heavy (non-hydrogen) atoms. The van der Waals surface area contributed by atoms with Crippen LogP contribution in [0.4, 0.5) is 13.2 Å². The highest BCUT2D eigenvalue weighted by molar-refractivity contribution is 5.58. The third-order valence-corrected chi connectivity index (χ3v) is 7.60. The fourth-order valence-electron chi connectivity index (χ4n) is 5.58. The first-order valence-corrected chi connectivity index (χ1v) is 11.9. The van der Waals surface area contributed by atoms with Gasteiger partial charge in [-0.1, -0.05) is 10.4 Å². The lowest BCUT2D eigenvalue weighted by molar-refractivity contribution is -0.212. The molecule has 14 heteroatoms. The van der Waals surface area contributed by atoms with Gasteiger partial charge in [0.25, 0.3) is 0 Å². The first kappa shape index (κ1) is 24.4. The second-order valence-corrected chi connectivity index (χ2v) is 9.81. The summed E-state index contributed by atoms with van der Waals surface area (Å²) >= 11 is 0. The fraction of sp³-hybridized carbons (Fsp3) is 0.565. The van der Waals surface area contributed by atoms with E-state index in [4.69, 9.17) is 14.2 Å². The standard InChI is InChI=1S/C23H25F3N6O5/c1-35-22-16(4-11-7-32(30-27-11)23-5-12(6-23)36-10-23)37-17(9-33)21(34)20(22)31-8-15(28-29-31)13-2-3-14(24)19(26)18(13)25/h2-3,7-8,12,16-17,20-22,33-34H,4-6,9-10H2,1H3/t12?,16-,17-,20+,21+,22+,23?/m1/s1. The van der Waals surface area contributed by atoms with E-state index < -0.39 is 54.5 Å². The molecule has 3 saturated heterocycles. The molecular formula is C23H25F3N6O5. The normalized spacial score (nSPS) is 33.0. The van der Waals surface area contributed by atoms with Crippen molar-refractivity contribution < 1.29 is 37.6 Å². The van der Waals surface area contributed by atoms with Crippen molar-refractivity contribution in [2.75, 3.05) is 20.3 Å². The van der Waals surface area contributed by atoms with E-state index in [1.54, 1.807) is 0 Å². The van der Waals surface area contributed by atoms with E-state index >= 15 is 0 Å². The third kappa shape index (κ3) is 3.94. The number of fused-ring (bicyclic) bond motifs is 1. The largest absolute Gasteiger partial charge is 0.394 e. The highest BCUT2D eigenvalue weighted by Gasteiger charge is 2.54. The van der Waals surface area contributed by atoms with Crippen LogP contribution in [0.2, 0.25) is 0 Å². The molecule has 3 aromatic rings. The Morgan fingerprint density at radius 3 is 2.62 bits per heavy atom. The highest BCUT2D eigenvalue weighted by atomic mass is 19.2. The number of hydrogen-bond acceptors (Lipinski definition) is 9. The van der Waals surface area contributed by atoms with E-state index in [1.807, 2.05) is 10.9 Å². The van der Waals surface area contributed by atoms with Gasteiger partial charge in [-0.15, -0.1) is 10.2 Å². The van der Waals surface area contributed by atoms with Crippen molar-refractivity contribution in [3.8, 4) is 11.3 Å². The molecule has 4 fully saturated rings. The van der Waals surface area contributed by atoms with Crippen LogP contribution in [0.5, 0.6) is 0 Å². The van der Waals surface area contributed by atoms with Crippen LogP contribution >= 0.6 is 0 Å². The summed E-state index contributed by atoms with van der Waals surface area (Å²) in [5.74, 6) is -4.35. The SMILES string of the molecule is CO[C@@H]1[C@@H](n2cc(-c3ccc(F)c(F)c3F)nn2)[C@@H](O)[C@@H](CO)O[C@@H]1Cc1cn(C23COC(C2)C3)nn1. The van der Waals surface area contributed by atoms with Crippen LogP contribution in [0.3, 0.4) is 0 Å². The first-order chi connectivity index (χ1) is 17.8. The molecule has 0 unspecified atom stereocenters. The Kier molecular flexibility index (Phi) is 6.03. The number of rotatable bonds is 7. The van der Waals surface area contributed by atoms with Crippen LogP contribution in [0.25, 0.3) is 11.3 Å². The van der Waals surface area contributed by atoms with Gasteiger partial charge in [0.2, 0.25) is 0 Å². The maximum atomic E-state index is 14.3. The van der Waals surface area contributed by atoms with Crippen molar-refractivity contribution in [2.45, 2.75) is 61.4 Å². The zero-order valence-corrected chi connectivity index (χ0v) is 19.7. The molecule has 5 atom stereocenters. The van der Waals surface area contributed by atoms with Crippen molar-refractivity contribution in [1.29, 1.82) is 0 Å². The number of ether oxygens (including phenoxy) is 3. The van der Waals surface area contributed by atoms with Crippen LogP contribution in [-0.2, 0) is 26.2 Å². The Hall–Kier alpha value is -2.91. The van der Waals surface area contributed by atoms with Gasteiger partial charge in [-0.05, 0) is 12.1 Å². The summed E-state index contributed by atoms with van der Waals surface area (Å²) < 4.78 is 61.9. The quantitative estimate of drug-likeness (QED) is 0.432. The number of halogens is 3. The minimum atomic E-state index is -1.62. The van der Waals surface area contributed by atoms with Gasteiger partial charge in [0.1, 0.15) is 30.0 Å². The minimum absolute atomic E-state index is 0.0678. The van der Waals surface area contributed by atoms with Crippen molar-refractivity contribution in [3.63, 3.8) is 0 Å². The van der Waals surface area contributed by atoms with Gasteiger partial charge in [0.15, 0.2) is 17.5 Å². The predicted molar refractivity (Wildman–Crippen MR) is 118 cm³/mol. The van der Waals surface area contributed by atoms with Crippen molar-refractivity contribution >= 4 is 0 Å². The number of nitrogens with zero attached hydrogens (tertiary/aromatic N) is 6. The van der Waals surface area contributed by atoms with E-state index in [0.29, 0.717) is 12.3 Å². The average Bonchev–Trinajstić information content (AvgIpc) is 3.67. The number of aliphatic hydroxyl groups excluding tert-OH is 2. The maximum absolute atomic E-state index is 14.3. The molecule has 5 heterocycles. The molecule has 11 nitrogen and oxygen atoms in total. The summed E-state index contributed by atoms with van der Waals surface area (Å²) in [5, 5.41) is 37.3. The molecule has 1 aliphatic carbocycles. The number of aromatic nitrogens is 6. The summed E-state index contributed by atoms with van der Waals surface area (Å²) in [4.78, 5) is 0. The van der Waals surface area contributed by atoms with Gasteiger partial charge in [0, 0.05) is 38.1 Å². The summed E-state index contributed by atoms with van der Waals surface area (Å²) in [6, 6.07) is 0.942. The van der Waals surface area contributed by atoms with E-state index in [2.05, 4.69) is 20.6 Å². The molecule has 2 aromatic heterocycles. The summed E-state index contributed by atoms with van der Waals surface area (Å²) in [7, 11) is 1.44. The molecule has 1 saturated carbocycles. The molecule has 0 radical (unpaired) electrons. The van der Waals surface area contributed by atoms with E-state index in [1.165, 1.54) is 18.0 Å². The molecule has 2 bridgehead atoms. The highest BCUT2D eigenvalue weighted by Crippen LogP contribution is 2.47. The first-order valence-electron chi connectivity index (χ1n) is 11.9. The topological polar surface area (TPSA) is 130 Å². The van der Waals surface area contributed by atoms with Gasteiger partial charge < -0.3 is 24.4 Å². The van der Waals surface area contributed by atoms with Crippen molar-refractivity contribution in [3.05, 3.63) is 47.7 Å². The Labute approximate surface area is 208 Å². The van der Waals surface area contributed by atoms with Crippen molar-refractivity contribution in [2.24, 2.45) is 0 Å². The van der Waals surface area contributed by atoms with E-state index in [0.717, 1.165) is 25.0 Å². The molecule has 0 spiro atoms. The molecule has 4 aliphatic rings. The third-order valence-electron chi connectivity index (χ3n) is 7.60. The van der Waals surface area contributed by atoms with Crippen LogP contribution in [0.15, 0.2) is 24.5 Å². The molecule has 198 valence electrons. The van der Waals surface area contributed by atoms with Gasteiger partial charge in [-0.25, -0.2) is 22.5 Å². The van der Waals surface area contributed by atoms with Gasteiger partial charge in [0.05, 0.1) is 42.9 Å². The summed E-state index contributed by atoms with van der Waals surface area (Å²) in [5.41, 5.74) is 0.109. The minimum Gasteiger partial charge on any atom is -0.394 e. The van der Waals surface area contributed by atoms with Gasteiger partial charge in [-0.3, -0.25) is 0 Å². The Morgan fingerprint density at radius 2 is 1.92 bits per heavy atom. The predicted octanol–water partition coefficient (Wildman–Crippen LogP) is 0.761. The second-order valence-electron chi connectivity index (χ2n) is 9.81. The Balaban J connectivity index is 1.27. The zero-order chi connectivity index (χ0) is 25.9. The smallest absolute Gasteiger partial charge is 0.195 e. The Morgan fingerprint density at radius 1 is 1.11 bits per heavy atom. The lowest BCUT2D eigenvalue weighted by Crippen LogP contribution is -2.57. The Bertz CT molecular complexity index is 1290. The van der Waals surface area contributed by atoms with Crippen LogP contribution in [0.1, 0.15) is 24.6 Å². The van der Waals surface area contributed by atoms with Crippen LogP contribution < -0.4 is 0 Å². The fourth-order valence-corrected chi connectivity index (χ4v) is 5.58. The molecular weight excluding hydrogens is 497 g/mol. The van der Waals surface area contributed by atoms with Crippen LogP contribution in [-0.4, -0.2) is 91.0 Å². The van der Waals surface area contributed by atoms with E-state index in [-0.39, 0.29) is 29.3 Å². The number of hydrogen-bond donors (Lipinski definition) is 2. The van der Waals surface area contributed by atoms with Gasteiger partial charge >= 0.3 is 0 Å². The second kappa shape index (κ2) is 9.13. The average molecular weight is 522 g/mol. The summed E-state index contributed by atoms with van der Waals surface area (Å²) in [6.45, 7) is 0.105. The molecule has 7 rings (SSSR count). The molecule has 2 N–H and O–H groups in total. The van der Waals surface area contributed by atoms with Crippen molar-refractivity contribution in [1.82, 2.24) is 30.0 Å². The monoisotopic (exact) mass is 522 g/mol. The maximum Gasteiger partial charge on any atom is 0.195 e. The molecule has 3 aliphatic heterocycles. The zero-order valence-electron chi connectivity index (χ0n) is 19.7. The van der Waals surface area contributed by atoms with E-state index in [9.17, 15) is 23.4 Å². The molecule has 1 aromatic carbocycles. The number of aliphatic hydroxyl groups is 2.